The van der Waals surface area contributed by atoms with E-state index in [1.165, 1.54) is 0 Å². The summed E-state index contributed by atoms with van der Waals surface area (Å²) in [6.45, 7) is 2.40. The number of hydrogen-bond acceptors (Lipinski definition) is 5. The number of anilines is 1. The lowest BCUT2D eigenvalue weighted by Gasteiger charge is -2.09. The van der Waals surface area contributed by atoms with Gasteiger partial charge in [-0.15, -0.1) is 0 Å². The van der Waals surface area contributed by atoms with Gasteiger partial charge < -0.3 is 20.5 Å². The van der Waals surface area contributed by atoms with Crippen molar-refractivity contribution in [3.63, 3.8) is 0 Å². The first-order valence-electron chi connectivity index (χ1n) is 7.14. The molecule has 4 N–H and O–H groups in total. The molecule has 22 heavy (non-hydrogen) atoms. The summed E-state index contributed by atoms with van der Waals surface area (Å²) < 4.78 is 0. The van der Waals surface area contributed by atoms with Crippen LogP contribution >= 0.6 is 0 Å². The number of aryl methyl sites for hydroxylation is 1. The van der Waals surface area contributed by atoms with E-state index < -0.39 is 0 Å². The second kappa shape index (κ2) is 6.03. The topological polar surface area (TPSA) is 94.1 Å². The molecule has 0 unspecified atom stereocenters. The van der Waals surface area contributed by atoms with Crippen molar-refractivity contribution in [1.82, 2.24) is 15.0 Å². The number of benzene rings is 1. The molecule has 2 heterocycles. The van der Waals surface area contributed by atoms with E-state index in [9.17, 15) is 10.2 Å². The summed E-state index contributed by atoms with van der Waals surface area (Å²) in [6.07, 6.45) is 2.61. The van der Waals surface area contributed by atoms with Crippen LogP contribution in [-0.4, -0.2) is 31.7 Å². The highest BCUT2D eigenvalue weighted by Crippen LogP contribution is 2.20. The summed E-state index contributed by atoms with van der Waals surface area (Å²) in [7, 11) is 0. The van der Waals surface area contributed by atoms with Crippen LogP contribution in [0.4, 0.5) is 5.82 Å². The maximum absolute atomic E-state index is 9.57. The number of aliphatic hydroxyl groups is 1. The molecule has 0 atom stereocenters. The third kappa shape index (κ3) is 2.87. The molecule has 114 valence electrons. The number of aliphatic hydroxyl groups excluding tert-OH is 1. The van der Waals surface area contributed by atoms with Gasteiger partial charge in [0.1, 0.15) is 23.0 Å². The minimum atomic E-state index is -0.165. The molecule has 3 aromatic rings. The molecule has 0 aliphatic heterocycles. The fourth-order valence-electron chi connectivity index (χ4n) is 2.43. The van der Waals surface area contributed by atoms with Gasteiger partial charge in [0.05, 0.1) is 12.0 Å². The molecule has 0 spiro atoms. The molecule has 0 aliphatic carbocycles. The minimum absolute atomic E-state index is 0.125. The highest BCUT2D eigenvalue weighted by molar-refractivity contribution is 5.86. The number of nitrogens with zero attached hydrogens (tertiary/aromatic N) is 2. The van der Waals surface area contributed by atoms with E-state index in [4.69, 9.17) is 0 Å². The Morgan fingerprint density at radius 2 is 2.09 bits per heavy atom. The zero-order valence-corrected chi connectivity index (χ0v) is 12.3. The van der Waals surface area contributed by atoms with Gasteiger partial charge in [0.15, 0.2) is 0 Å². The largest absolute Gasteiger partial charge is 0.508 e. The Hall–Kier alpha value is -2.60. The molecule has 0 aliphatic rings. The van der Waals surface area contributed by atoms with Gasteiger partial charge in [0, 0.05) is 18.3 Å². The first kappa shape index (κ1) is 14.3. The lowest BCUT2D eigenvalue weighted by Crippen LogP contribution is -2.08. The Balaban J connectivity index is 1.71. The van der Waals surface area contributed by atoms with Crippen LogP contribution in [0.3, 0.4) is 0 Å². The van der Waals surface area contributed by atoms with Crippen LogP contribution in [0.15, 0.2) is 30.5 Å². The van der Waals surface area contributed by atoms with Crippen LogP contribution in [0.5, 0.6) is 5.75 Å². The molecule has 3 rings (SSSR count). The van der Waals surface area contributed by atoms with E-state index in [0.29, 0.717) is 17.9 Å². The van der Waals surface area contributed by atoms with Gasteiger partial charge in [-0.25, -0.2) is 9.97 Å². The van der Waals surface area contributed by atoms with Crippen LogP contribution in [0, 0.1) is 6.92 Å². The molecule has 0 fully saturated rings. The Labute approximate surface area is 127 Å². The SMILES string of the molecule is Cc1nc(NCCc2ccc(O)c(CO)c2)c2cc[nH]c2n1. The number of H-pyrrole nitrogens is 1. The average molecular weight is 298 g/mol. The van der Waals surface area contributed by atoms with Crippen molar-refractivity contribution >= 4 is 16.9 Å². The van der Waals surface area contributed by atoms with Gasteiger partial charge in [0.2, 0.25) is 0 Å². The standard InChI is InChI=1S/C16H18N4O2/c1-10-19-15(13-5-7-18-16(13)20-10)17-6-4-11-2-3-14(22)12(8-11)9-21/h2-3,5,7-8,21-22H,4,6,9H2,1H3,(H2,17,18,19,20). The summed E-state index contributed by atoms with van der Waals surface area (Å²) >= 11 is 0. The minimum Gasteiger partial charge on any atom is -0.508 e. The van der Waals surface area contributed by atoms with E-state index in [1.54, 1.807) is 6.07 Å². The van der Waals surface area contributed by atoms with Crippen LogP contribution in [0.25, 0.3) is 11.0 Å². The summed E-state index contributed by atoms with van der Waals surface area (Å²) in [5, 5.41) is 23.0. The predicted octanol–water partition coefficient (Wildman–Crippen LogP) is 2.12. The third-order valence-electron chi connectivity index (χ3n) is 3.55. The van der Waals surface area contributed by atoms with Gasteiger partial charge in [-0.1, -0.05) is 6.07 Å². The smallest absolute Gasteiger partial charge is 0.143 e. The molecular weight excluding hydrogens is 280 g/mol. The Bertz CT molecular complexity index is 798. The van der Waals surface area contributed by atoms with Crippen LogP contribution < -0.4 is 5.32 Å². The molecular formula is C16H18N4O2. The molecule has 6 heteroatoms. The third-order valence-corrected chi connectivity index (χ3v) is 3.55. The number of phenols is 1. The molecule has 2 aromatic heterocycles. The van der Waals surface area contributed by atoms with E-state index >= 15 is 0 Å². The van der Waals surface area contributed by atoms with Gasteiger partial charge in [-0.2, -0.15) is 0 Å². The van der Waals surface area contributed by atoms with Crippen LogP contribution in [-0.2, 0) is 13.0 Å². The number of hydrogen-bond donors (Lipinski definition) is 4. The Kier molecular flexibility index (Phi) is 3.93. The van der Waals surface area contributed by atoms with Crippen molar-refractivity contribution in [3.8, 4) is 5.75 Å². The second-order valence-corrected chi connectivity index (χ2v) is 5.16. The summed E-state index contributed by atoms with van der Waals surface area (Å²) in [4.78, 5) is 11.8. The van der Waals surface area contributed by atoms with E-state index in [0.717, 1.165) is 28.8 Å². The number of aromatic amines is 1. The highest BCUT2D eigenvalue weighted by atomic mass is 16.3. The predicted molar refractivity (Wildman–Crippen MR) is 84.8 cm³/mol. The number of rotatable bonds is 5. The zero-order chi connectivity index (χ0) is 15.5. The van der Waals surface area contributed by atoms with Gasteiger partial charge in [-0.05, 0) is 37.1 Å². The monoisotopic (exact) mass is 298 g/mol. The molecule has 6 nitrogen and oxygen atoms in total. The first-order valence-corrected chi connectivity index (χ1v) is 7.14. The van der Waals surface area contributed by atoms with Crippen molar-refractivity contribution < 1.29 is 10.2 Å². The van der Waals surface area contributed by atoms with Crippen LogP contribution in [0.2, 0.25) is 0 Å². The Morgan fingerprint density at radius 1 is 1.23 bits per heavy atom. The number of nitrogens with one attached hydrogen (secondary N) is 2. The molecule has 0 saturated heterocycles. The molecule has 1 aromatic carbocycles. The van der Waals surface area contributed by atoms with Crippen molar-refractivity contribution in [3.05, 3.63) is 47.4 Å². The van der Waals surface area contributed by atoms with Crippen molar-refractivity contribution in [2.24, 2.45) is 0 Å². The van der Waals surface area contributed by atoms with E-state index in [2.05, 4.69) is 20.3 Å². The van der Waals surface area contributed by atoms with Crippen LogP contribution in [0.1, 0.15) is 17.0 Å². The zero-order valence-electron chi connectivity index (χ0n) is 12.3. The quantitative estimate of drug-likeness (QED) is 0.579. The lowest BCUT2D eigenvalue weighted by atomic mass is 10.1. The maximum atomic E-state index is 9.57. The fourth-order valence-corrected chi connectivity index (χ4v) is 2.43. The first-order chi connectivity index (χ1) is 10.7. The molecule has 0 amide bonds. The summed E-state index contributed by atoms with van der Waals surface area (Å²) in [6, 6.07) is 7.23. The molecule has 0 saturated carbocycles. The van der Waals surface area contributed by atoms with E-state index in [1.807, 2.05) is 31.3 Å². The second-order valence-electron chi connectivity index (χ2n) is 5.16. The number of fused-ring (bicyclic) bond motifs is 1. The molecule has 0 radical (unpaired) electrons. The average Bonchev–Trinajstić information content (AvgIpc) is 2.97. The normalized spacial score (nSPS) is 11.0. The van der Waals surface area contributed by atoms with Crippen molar-refractivity contribution in [1.29, 1.82) is 0 Å². The van der Waals surface area contributed by atoms with Gasteiger partial charge in [-0.3, -0.25) is 0 Å². The van der Waals surface area contributed by atoms with E-state index in [-0.39, 0.29) is 12.4 Å². The fraction of sp³-hybridized carbons (Fsp3) is 0.250. The Morgan fingerprint density at radius 3 is 2.91 bits per heavy atom. The number of aromatic hydroxyl groups is 1. The summed E-state index contributed by atoms with van der Waals surface area (Å²) in [5.74, 6) is 1.65. The number of aromatic nitrogens is 3. The highest BCUT2D eigenvalue weighted by Gasteiger charge is 2.06. The van der Waals surface area contributed by atoms with Crippen molar-refractivity contribution in [2.45, 2.75) is 20.0 Å². The van der Waals surface area contributed by atoms with Gasteiger partial charge >= 0.3 is 0 Å². The molecule has 0 bridgehead atoms. The lowest BCUT2D eigenvalue weighted by molar-refractivity contribution is 0.275. The van der Waals surface area contributed by atoms with Gasteiger partial charge in [0.25, 0.3) is 0 Å². The maximum Gasteiger partial charge on any atom is 0.143 e. The van der Waals surface area contributed by atoms with Crippen molar-refractivity contribution in [2.75, 3.05) is 11.9 Å². The summed E-state index contributed by atoms with van der Waals surface area (Å²) in [5.41, 5.74) is 2.41.